The Labute approximate surface area is 199 Å². The highest BCUT2D eigenvalue weighted by Gasteiger charge is 2.36. The number of hydrogen-bond acceptors (Lipinski definition) is 5. The number of allylic oxidation sites excluding steroid dienone is 1. The number of hydrogen-bond donors (Lipinski definition) is 0. The second-order valence-electron chi connectivity index (χ2n) is 7.79. The topological polar surface area (TPSA) is 70.0 Å². The van der Waals surface area contributed by atoms with Crippen molar-refractivity contribution in [3.63, 3.8) is 0 Å². The molecule has 2 aromatic rings. The SMILES string of the molecule is COCCCN1C(=O)C(=Cc2cc(C)n(-c3ccc(OC)c(Cl)c3)c2C)C(C(=O)OC)=C1C. The first-order valence-electron chi connectivity index (χ1n) is 10.6. The number of benzene rings is 1. The van der Waals surface area contributed by atoms with Gasteiger partial charge in [0.25, 0.3) is 5.91 Å². The summed E-state index contributed by atoms with van der Waals surface area (Å²) in [5.74, 6) is -0.156. The molecule has 0 saturated carbocycles. The number of ether oxygens (including phenoxy) is 3. The molecule has 1 aliphatic heterocycles. The lowest BCUT2D eigenvalue weighted by Gasteiger charge is -2.17. The molecule has 1 aliphatic rings. The van der Waals surface area contributed by atoms with Gasteiger partial charge in [0.15, 0.2) is 0 Å². The lowest BCUT2D eigenvalue weighted by molar-refractivity contribution is -0.136. The highest BCUT2D eigenvalue weighted by molar-refractivity contribution is 6.32. The second-order valence-corrected chi connectivity index (χ2v) is 8.20. The molecule has 3 rings (SSSR count). The summed E-state index contributed by atoms with van der Waals surface area (Å²) >= 11 is 6.33. The van der Waals surface area contributed by atoms with Crippen LogP contribution in [0.15, 0.2) is 41.1 Å². The number of halogens is 1. The van der Waals surface area contributed by atoms with Crippen LogP contribution in [0, 0.1) is 13.8 Å². The third-order valence-electron chi connectivity index (χ3n) is 5.79. The van der Waals surface area contributed by atoms with E-state index in [0.717, 1.165) is 22.6 Å². The average molecular weight is 473 g/mol. The number of aromatic nitrogens is 1. The number of esters is 1. The van der Waals surface area contributed by atoms with Gasteiger partial charge in [-0.3, -0.25) is 4.79 Å². The predicted octanol–water partition coefficient (Wildman–Crippen LogP) is 4.47. The molecule has 2 heterocycles. The largest absolute Gasteiger partial charge is 0.495 e. The number of rotatable bonds is 8. The Morgan fingerprint density at radius 3 is 2.45 bits per heavy atom. The normalized spacial score (nSPS) is 15.1. The van der Waals surface area contributed by atoms with Crippen LogP contribution in [0.3, 0.4) is 0 Å². The third-order valence-corrected chi connectivity index (χ3v) is 6.09. The summed E-state index contributed by atoms with van der Waals surface area (Å²) in [4.78, 5) is 27.4. The first kappa shape index (κ1) is 24.6. The Balaban J connectivity index is 2.06. The summed E-state index contributed by atoms with van der Waals surface area (Å²) in [6, 6.07) is 7.55. The summed E-state index contributed by atoms with van der Waals surface area (Å²) < 4.78 is 17.4. The summed E-state index contributed by atoms with van der Waals surface area (Å²) in [7, 11) is 4.51. The van der Waals surface area contributed by atoms with Crippen molar-refractivity contribution in [2.24, 2.45) is 0 Å². The van der Waals surface area contributed by atoms with Gasteiger partial charge in [0.05, 0.1) is 30.4 Å². The molecule has 0 fully saturated rings. The van der Waals surface area contributed by atoms with Crippen molar-refractivity contribution in [2.75, 3.05) is 34.5 Å². The first-order valence-corrected chi connectivity index (χ1v) is 11.0. The molecule has 33 heavy (non-hydrogen) atoms. The molecule has 0 aliphatic carbocycles. The van der Waals surface area contributed by atoms with Crippen molar-refractivity contribution >= 4 is 29.6 Å². The molecule has 1 amide bonds. The predicted molar refractivity (Wildman–Crippen MR) is 128 cm³/mol. The average Bonchev–Trinajstić information content (AvgIpc) is 3.20. The molecule has 176 valence electrons. The van der Waals surface area contributed by atoms with Gasteiger partial charge >= 0.3 is 5.97 Å². The van der Waals surface area contributed by atoms with E-state index >= 15 is 0 Å². The van der Waals surface area contributed by atoms with E-state index in [9.17, 15) is 9.59 Å². The van der Waals surface area contributed by atoms with Crippen LogP contribution in [0.2, 0.25) is 5.02 Å². The van der Waals surface area contributed by atoms with Gasteiger partial charge in [-0.25, -0.2) is 4.79 Å². The summed E-state index contributed by atoms with van der Waals surface area (Å²) in [6.45, 7) is 6.68. The molecule has 1 aromatic carbocycles. The minimum absolute atomic E-state index is 0.221. The number of carbonyl (C=O) groups excluding carboxylic acids is 2. The molecule has 0 unspecified atom stereocenters. The maximum atomic E-state index is 13.3. The van der Waals surface area contributed by atoms with Gasteiger partial charge in [-0.2, -0.15) is 0 Å². The number of aryl methyl sites for hydroxylation is 1. The molecule has 0 radical (unpaired) electrons. The van der Waals surface area contributed by atoms with Crippen molar-refractivity contribution in [3.8, 4) is 11.4 Å². The number of carbonyl (C=O) groups is 2. The summed E-state index contributed by atoms with van der Waals surface area (Å²) in [5, 5.41) is 0.506. The second kappa shape index (κ2) is 10.3. The Bertz CT molecular complexity index is 1150. The zero-order valence-corrected chi connectivity index (χ0v) is 20.6. The van der Waals surface area contributed by atoms with Crippen LogP contribution in [0.25, 0.3) is 11.8 Å². The maximum Gasteiger partial charge on any atom is 0.340 e. The van der Waals surface area contributed by atoms with Crippen molar-refractivity contribution in [1.29, 1.82) is 0 Å². The van der Waals surface area contributed by atoms with Crippen molar-refractivity contribution in [3.05, 3.63) is 63.1 Å². The fourth-order valence-corrected chi connectivity index (χ4v) is 4.40. The summed E-state index contributed by atoms with van der Waals surface area (Å²) in [5.41, 5.74) is 4.78. The van der Waals surface area contributed by atoms with Crippen LogP contribution in [0.5, 0.6) is 5.75 Å². The maximum absolute atomic E-state index is 13.3. The Morgan fingerprint density at radius 1 is 1.12 bits per heavy atom. The molecule has 0 atom stereocenters. The van der Waals surface area contributed by atoms with Crippen LogP contribution in [-0.4, -0.2) is 55.8 Å². The van der Waals surface area contributed by atoms with Crippen LogP contribution in [0.4, 0.5) is 0 Å². The van der Waals surface area contributed by atoms with E-state index in [-0.39, 0.29) is 11.5 Å². The van der Waals surface area contributed by atoms with Crippen molar-refractivity contribution in [1.82, 2.24) is 9.47 Å². The number of nitrogens with zero attached hydrogens (tertiary/aromatic N) is 2. The van der Waals surface area contributed by atoms with Crippen molar-refractivity contribution in [2.45, 2.75) is 27.2 Å². The molecule has 8 heteroatoms. The monoisotopic (exact) mass is 472 g/mol. The van der Waals surface area contributed by atoms with E-state index in [1.165, 1.54) is 7.11 Å². The Morgan fingerprint density at radius 2 is 1.85 bits per heavy atom. The highest BCUT2D eigenvalue weighted by Crippen LogP contribution is 2.34. The van der Waals surface area contributed by atoms with Gasteiger partial charge in [0, 0.05) is 43.0 Å². The molecular formula is C25H29ClN2O5. The van der Waals surface area contributed by atoms with Gasteiger partial charge in [0.1, 0.15) is 5.75 Å². The molecule has 1 aromatic heterocycles. The van der Waals surface area contributed by atoms with E-state index in [4.69, 9.17) is 25.8 Å². The highest BCUT2D eigenvalue weighted by atomic mass is 35.5. The van der Waals surface area contributed by atoms with Crippen LogP contribution in [0.1, 0.15) is 30.3 Å². The fraction of sp³-hybridized carbons (Fsp3) is 0.360. The minimum atomic E-state index is -0.530. The molecule has 7 nitrogen and oxygen atoms in total. The number of methoxy groups -OCH3 is 3. The summed E-state index contributed by atoms with van der Waals surface area (Å²) in [6.07, 6.45) is 2.42. The smallest absolute Gasteiger partial charge is 0.340 e. The fourth-order valence-electron chi connectivity index (χ4n) is 4.15. The van der Waals surface area contributed by atoms with E-state index in [1.807, 2.05) is 42.7 Å². The Hall–Kier alpha value is -3.03. The van der Waals surface area contributed by atoms with Crippen LogP contribution >= 0.6 is 11.6 Å². The van der Waals surface area contributed by atoms with Gasteiger partial charge in [0.2, 0.25) is 0 Å². The quantitative estimate of drug-likeness (QED) is 0.322. The standard InChI is InChI=1S/C25H29ClN2O5/c1-15-12-18(16(2)28(15)19-8-9-22(32-5)21(26)14-19)13-20-23(25(30)33-6)17(3)27(24(20)29)10-7-11-31-4/h8-9,12-14H,7,10-11H2,1-6H3. The molecule has 0 spiro atoms. The van der Waals surface area contributed by atoms with E-state index in [0.29, 0.717) is 41.6 Å². The van der Waals surface area contributed by atoms with E-state index < -0.39 is 5.97 Å². The van der Waals surface area contributed by atoms with Crippen molar-refractivity contribution < 1.29 is 23.8 Å². The lowest BCUT2D eigenvalue weighted by atomic mass is 10.0. The zero-order valence-electron chi connectivity index (χ0n) is 19.8. The molecule has 0 bridgehead atoms. The number of amides is 1. The lowest BCUT2D eigenvalue weighted by Crippen LogP contribution is -2.26. The van der Waals surface area contributed by atoms with Crippen LogP contribution < -0.4 is 4.74 Å². The Kier molecular flexibility index (Phi) is 7.66. The van der Waals surface area contributed by atoms with Gasteiger partial charge in [-0.15, -0.1) is 0 Å². The third kappa shape index (κ3) is 4.70. The van der Waals surface area contributed by atoms with Gasteiger partial charge in [-0.05, 0) is 63.1 Å². The van der Waals surface area contributed by atoms with Crippen LogP contribution in [-0.2, 0) is 19.1 Å². The van der Waals surface area contributed by atoms with E-state index in [1.54, 1.807) is 32.1 Å². The van der Waals surface area contributed by atoms with Gasteiger partial charge in [-0.1, -0.05) is 11.6 Å². The van der Waals surface area contributed by atoms with E-state index in [2.05, 4.69) is 0 Å². The minimum Gasteiger partial charge on any atom is -0.495 e. The zero-order chi connectivity index (χ0) is 24.3. The molecule has 0 N–H and O–H groups in total. The first-order chi connectivity index (χ1) is 15.7. The van der Waals surface area contributed by atoms with Gasteiger partial charge < -0.3 is 23.7 Å². The molecule has 0 saturated heterocycles. The molecular weight excluding hydrogens is 444 g/mol.